The molecule has 0 bridgehead atoms. The summed E-state index contributed by atoms with van der Waals surface area (Å²) in [6.45, 7) is 8.40. The molecule has 0 aromatic rings. The molecule has 0 atom stereocenters. The fourth-order valence-electron chi connectivity index (χ4n) is 1.43. The number of aliphatic hydroxyl groups is 1. The van der Waals surface area contributed by atoms with E-state index >= 15 is 0 Å². The first-order valence-corrected chi connectivity index (χ1v) is 4.67. The molecule has 0 saturated carbocycles. The third kappa shape index (κ3) is 2.76. The molecular weight excluding hydrogens is 160 g/mol. The smallest absolute Gasteiger partial charge is 0.100 e. The van der Waals surface area contributed by atoms with E-state index < -0.39 is 0 Å². The molecule has 1 aliphatic rings. The van der Waals surface area contributed by atoms with Crippen molar-refractivity contribution in [2.45, 2.75) is 34.1 Å². The first-order chi connectivity index (χ1) is 5.90. The largest absolute Gasteiger partial charge is 0.512 e. The summed E-state index contributed by atoms with van der Waals surface area (Å²) < 4.78 is 0. The van der Waals surface area contributed by atoms with Crippen LogP contribution < -0.4 is 0 Å². The zero-order chi connectivity index (χ0) is 10.1. The van der Waals surface area contributed by atoms with E-state index in [9.17, 15) is 5.11 Å². The normalized spacial score (nSPS) is 20.5. The lowest BCUT2D eigenvalue weighted by molar-refractivity contribution is 0.302. The molecular formula is C12H18O. The van der Waals surface area contributed by atoms with Gasteiger partial charge in [-0.3, -0.25) is 0 Å². The fourth-order valence-corrected chi connectivity index (χ4v) is 1.43. The molecule has 0 saturated heterocycles. The Morgan fingerprint density at radius 1 is 1.38 bits per heavy atom. The second-order valence-electron chi connectivity index (χ2n) is 4.81. The molecule has 0 aromatic carbocycles. The second-order valence-corrected chi connectivity index (χ2v) is 4.81. The standard InChI is InChI=1S/C12H18O/c1-9-6-5-7-10(9)11(13)8-12(2,3)4/h5-7,13H,8H2,1-4H3. The third-order valence-electron chi connectivity index (χ3n) is 2.04. The highest BCUT2D eigenvalue weighted by Crippen LogP contribution is 2.28. The lowest BCUT2D eigenvalue weighted by atomic mass is 9.89. The summed E-state index contributed by atoms with van der Waals surface area (Å²) in [7, 11) is 0. The molecule has 0 unspecified atom stereocenters. The summed E-state index contributed by atoms with van der Waals surface area (Å²) in [5.41, 5.74) is 2.30. The van der Waals surface area contributed by atoms with E-state index in [-0.39, 0.29) is 5.41 Å². The predicted octanol–water partition coefficient (Wildman–Crippen LogP) is 3.75. The summed E-state index contributed by atoms with van der Waals surface area (Å²) in [5, 5.41) is 9.84. The quantitative estimate of drug-likeness (QED) is 0.606. The zero-order valence-electron chi connectivity index (χ0n) is 8.89. The minimum absolute atomic E-state index is 0.147. The molecule has 0 spiro atoms. The van der Waals surface area contributed by atoms with Gasteiger partial charge < -0.3 is 5.11 Å². The van der Waals surface area contributed by atoms with Crippen LogP contribution in [0.1, 0.15) is 34.1 Å². The SMILES string of the molecule is CC1=CC=CC1=C(O)CC(C)(C)C. The van der Waals surface area contributed by atoms with E-state index in [1.807, 2.05) is 25.2 Å². The molecule has 0 fully saturated rings. The first kappa shape index (κ1) is 10.1. The van der Waals surface area contributed by atoms with Gasteiger partial charge in [-0.2, -0.15) is 0 Å². The van der Waals surface area contributed by atoms with Crippen LogP contribution in [0.15, 0.2) is 35.1 Å². The van der Waals surface area contributed by atoms with Gasteiger partial charge in [0.05, 0.1) is 0 Å². The summed E-state index contributed by atoms with van der Waals surface area (Å²) in [4.78, 5) is 0. The zero-order valence-corrected chi connectivity index (χ0v) is 8.89. The Balaban J connectivity index is 2.82. The second kappa shape index (κ2) is 3.41. The van der Waals surface area contributed by atoms with Gasteiger partial charge in [-0.1, -0.05) is 39.0 Å². The van der Waals surface area contributed by atoms with E-state index in [2.05, 4.69) is 20.8 Å². The first-order valence-electron chi connectivity index (χ1n) is 4.67. The number of rotatable bonds is 1. The topological polar surface area (TPSA) is 20.2 Å². The highest BCUT2D eigenvalue weighted by molar-refractivity contribution is 5.48. The van der Waals surface area contributed by atoms with Crippen molar-refractivity contribution in [1.29, 1.82) is 0 Å². The van der Waals surface area contributed by atoms with Crippen molar-refractivity contribution in [2.75, 3.05) is 0 Å². The highest BCUT2D eigenvalue weighted by Gasteiger charge is 2.16. The maximum atomic E-state index is 9.84. The van der Waals surface area contributed by atoms with E-state index in [0.717, 1.165) is 17.6 Å². The fraction of sp³-hybridized carbons (Fsp3) is 0.500. The minimum Gasteiger partial charge on any atom is -0.512 e. The van der Waals surface area contributed by atoms with Gasteiger partial charge in [0.2, 0.25) is 0 Å². The molecule has 0 heterocycles. The van der Waals surface area contributed by atoms with Gasteiger partial charge in [-0.25, -0.2) is 0 Å². The van der Waals surface area contributed by atoms with Crippen molar-refractivity contribution in [3.8, 4) is 0 Å². The summed E-state index contributed by atoms with van der Waals surface area (Å²) in [5.74, 6) is 0.509. The number of hydrogen-bond donors (Lipinski definition) is 1. The Labute approximate surface area is 80.5 Å². The maximum Gasteiger partial charge on any atom is 0.100 e. The minimum atomic E-state index is 0.147. The van der Waals surface area contributed by atoms with Gasteiger partial charge >= 0.3 is 0 Å². The molecule has 1 rings (SSSR count). The van der Waals surface area contributed by atoms with Crippen molar-refractivity contribution in [2.24, 2.45) is 5.41 Å². The van der Waals surface area contributed by atoms with Crippen molar-refractivity contribution < 1.29 is 5.11 Å². The lowest BCUT2D eigenvalue weighted by Crippen LogP contribution is -2.07. The Bertz CT molecular complexity index is 285. The van der Waals surface area contributed by atoms with Gasteiger partial charge in [0.15, 0.2) is 0 Å². The number of hydrogen-bond acceptors (Lipinski definition) is 1. The summed E-state index contributed by atoms with van der Waals surface area (Å²) in [6.07, 6.45) is 6.70. The maximum absolute atomic E-state index is 9.84. The van der Waals surface area contributed by atoms with Gasteiger partial charge in [-0.15, -0.1) is 0 Å². The van der Waals surface area contributed by atoms with Crippen LogP contribution in [0.3, 0.4) is 0 Å². The molecule has 1 aliphatic carbocycles. The van der Waals surface area contributed by atoms with Crippen LogP contribution in [0.25, 0.3) is 0 Å². The van der Waals surface area contributed by atoms with Crippen molar-refractivity contribution >= 4 is 0 Å². The van der Waals surface area contributed by atoms with E-state index in [4.69, 9.17) is 0 Å². The summed E-state index contributed by atoms with van der Waals surface area (Å²) in [6, 6.07) is 0. The van der Waals surface area contributed by atoms with E-state index in [0.29, 0.717) is 5.76 Å². The average Bonchev–Trinajstić information content (AvgIpc) is 2.30. The third-order valence-corrected chi connectivity index (χ3v) is 2.04. The Hall–Kier alpha value is -0.980. The molecule has 1 N–H and O–H groups in total. The Kier molecular flexibility index (Phi) is 2.65. The van der Waals surface area contributed by atoms with Crippen LogP contribution in [0.2, 0.25) is 0 Å². The van der Waals surface area contributed by atoms with E-state index in [1.54, 1.807) is 0 Å². The van der Waals surface area contributed by atoms with Gasteiger partial charge in [0.1, 0.15) is 5.76 Å². The number of allylic oxidation sites excluding steroid dienone is 6. The molecule has 1 nitrogen and oxygen atoms in total. The summed E-state index contributed by atoms with van der Waals surface area (Å²) >= 11 is 0. The van der Waals surface area contributed by atoms with Crippen molar-refractivity contribution in [1.82, 2.24) is 0 Å². The molecule has 1 heteroatoms. The van der Waals surface area contributed by atoms with Gasteiger partial charge in [-0.05, 0) is 17.9 Å². The van der Waals surface area contributed by atoms with Crippen LogP contribution in [-0.4, -0.2) is 5.11 Å². The molecule has 72 valence electrons. The average molecular weight is 178 g/mol. The molecule has 0 aliphatic heterocycles. The molecule has 0 aromatic heterocycles. The highest BCUT2D eigenvalue weighted by atomic mass is 16.3. The van der Waals surface area contributed by atoms with E-state index in [1.165, 1.54) is 0 Å². The van der Waals surface area contributed by atoms with Crippen molar-refractivity contribution in [3.05, 3.63) is 35.1 Å². The van der Waals surface area contributed by atoms with Crippen LogP contribution in [0.5, 0.6) is 0 Å². The van der Waals surface area contributed by atoms with Crippen LogP contribution in [0, 0.1) is 5.41 Å². The predicted molar refractivity (Wildman–Crippen MR) is 56.6 cm³/mol. The molecule has 13 heavy (non-hydrogen) atoms. The van der Waals surface area contributed by atoms with Gasteiger partial charge in [0.25, 0.3) is 0 Å². The number of aliphatic hydroxyl groups excluding tert-OH is 1. The van der Waals surface area contributed by atoms with Crippen LogP contribution >= 0.6 is 0 Å². The van der Waals surface area contributed by atoms with Crippen molar-refractivity contribution in [3.63, 3.8) is 0 Å². The van der Waals surface area contributed by atoms with Crippen LogP contribution in [0.4, 0.5) is 0 Å². The Morgan fingerprint density at radius 2 is 2.00 bits per heavy atom. The monoisotopic (exact) mass is 178 g/mol. The molecule has 0 amide bonds. The van der Waals surface area contributed by atoms with Crippen LogP contribution in [-0.2, 0) is 0 Å². The lowest BCUT2D eigenvalue weighted by Gasteiger charge is -2.18. The van der Waals surface area contributed by atoms with Gasteiger partial charge in [0, 0.05) is 12.0 Å². The Morgan fingerprint density at radius 3 is 2.38 bits per heavy atom. The molecule has 0 radical (unpaired) electrons.